The van der Waals surface area contributed by atoms with E-state index in [1.807, 2.05) is 49.4 Å². The Labute approximate surface area is 146 Å². The molecule has 2 N–H and O–H groups in total. The number of anilines is 1. The minimum atomic E-state index is -0.175. The maximum Gasteiger partial charge on any atom is 0.319 e. The van der Waals surface area contributed by atoms with E-state index in [4.69, 9.17) is 0 Å². The van der Waals surface area contributed by atoms with Crippen molar-refractivity contribution in [3.8, 4) is 0 Å². The Morgan fingerprint density at radius 2 is 2.00 bits per heavy atom. The number of carbonyl (C=O) groups excluding carboxylic acids is 1. The Bertz CT molecular complexity index is 646. The third-order valence-electron chi connectivity index (χ3n) is 3.07. The first-order valence-corrected chi connectivity index (χ1v) is 8.48. The summed E-state index contributed by atoms with van der Waals surface area (Å²) in [5.74, 6) is 0. The highest BCUT2D eigenvalue weighted by Gasteiger charge is 2.05. The molecule has 3 nitrogen and oxygen atoms in total. The van der Waals surface area contributed by atoms with E-state index in [-0.39, 0.29) is 6.03 Å². The summed E-state index contributed by atoms with van der Waals surface area (Å²) in [6.07, 6.45) is 0.792. The smallest absolute Gasteiger partial charge is 0.319 e. The van der Waals surface area contributed by atoms with Gasteiger partial charge in [-0.1, -0.05) is 34.1 Å². The lowest BCUT2D eigenvalue weighted by molar-refractivity contribution is 0.252. The van der Waals surface area contributed by atoms with Gasteiger partial charge in [0, 0.05) is 20.3 Å². The summed E-state index contributed by atoms with van der Waals surface area (Å²) in [4.78, 5) is 11.9. The lowest BCUT2D eigenvalue weighted by atomic mass is 10.1. The largest absolute Gasteiger partial charge is 0.338 e. The fourth-order valence-corrected chi connectivity index (χ4v) is 3.08. The van der Waals surface area contributed by atoms with Crippen molar-refractivity contribution in [1.82, 2.24) is 5.32 Å². The second-order valence-corrected chi connectivity index (χ2v) is 6.78. The Kier molecular flexibility index (Phi) is 6.05. The number of nitrogens with one attached hydrogen (secondary N) is 2. The van der Waals surface area contributed by atoms with E-state index in [1.165, 1.54) is 5.56 Å². The topological polar surface area (TPSA) is 41.1 Å². The molecule has 2 aromatic rings. The van der Waals surface area contributed by atoms with E-state index in [0.717, 1.165) is 25.7 Å². The molecule has 0 unspecified atom stereocenters. The van der Waals surface area contributed by atoms with Gasteiger partial charge in [-0.05, 0) is 71.3 Å². The van der Waals surface area contributed by atoms with Crippen molar-refractivity contribution in [2.24, 2.45) is 0 Å². The normalized spacial score (nSPS) is 10.2. The van der Waals surface area contributed by atoms with Crippen LogP contribution in [0.25, 0.3) is 0 Å². The van der Waals surface area contributed by atoms with Crippen LogP contribution in [0.3, 0.4) is 0 Å². The summed E-state index contributed by atoms with van der Waals surface area (Å²) >= 11 is 5.76. The van der Waals surface area contributed by atoms with Gasteiger partial charge >= 0.3 is 6.03 Å². The van der Waals surface area contributed by atoms with Gasteiger partial charge in [0.2, 0.25) is 0 Å². The Balaban J connectivity index is 1.84. The van der Waals surface area contributed by atoms with Gasteiger partial charge in [0.15, 0.2) is 0 Å². The van der Waals surface area contributed by atoms with Crippen LogP contribution < -0.4 is 10.6 Å². The molecule has 2 rings (SSSR count). The summed E-state index contributed by atoms with van der Waals surface area (Å²) < 4.78 is 2.23. The van der Waals surface area contributed by atoms with Crippen molar-refractivity contribution >= 4 is 50.2 Å². The maximum absolute atomic E-state index is 11.9. The molecule has 0 fully saturated rings. The van der Waals surface area contributed by atoms with Crippen molar-refractivity contribution in [3.05, 3.63) is 61.6 Å². The number of aryl methyl sites for hydroxylation is 1. The molecule has 110 valence electrons. The quantitative estimate of drug-likeness (QED) is 0.639. The first-order chi connectivity index (χ1) is 10.1. The van der Waals surface area contributed by atoms with Crippen molar-refractivity contribution in [1.29, 1.82) is 0 Å². The lowest BCUT2D eigenvalue weighted by Crippen LogP contribution is -2.30. The van der Waals surface area contributed by atoms with Crippen LogP contribution in [0, 0.1) is 10.5 Å². The standard InChI is InChI=1S/C16H16BrIN2O/c1-11-10-13(18)6-7-15(11)20-16(21)19-9-8-12-4-2-3-5-14(12)17/h2-7,10H,8-9H2,1H3,(H2,19,20,21). The fourth-order valence-electron chi connectivity index (χ4n) is 1.95. The predicted octanol–water partition coefficient (Wildman–Crippen LogP) is 4.73. The molecular formula is C16H16BrIN2O. The van der Waals surface area contributed by atoms with Gasteiger partial charge in [-0.3, -0.25) is 0 Å². The molecule has 0 aliphatic carbocycles. The van der Waals surface area contributed by atoms with E-state index in [1.54, 1.807) is 0 Å². The number of amides is 2. The number of hydrogen-bond acceptors (Lipinski definition) is 1. The van der Waals surface area contributed by atoms with Crippen molar-refractivity contribution < 1.29 is 4.79 Å². The molecule has 0 aromatic heterocycles. The summed E-state index contributed by atoms with van der Waals surface area (Å²) in [5, 5.41) is 5.75. The van der Waals surface area contributed by atoms with Crippen LogP contribution in [0.2, 0.25) is 0 Å². The average Bonchev–Trinajstić information content (AvgIpc) is 2.44. The zero-order valence-corrected chi connectivity index (χ0v) is 15.4. The number of benzene rings is 2. The number of halogens is 2. The van der Waals surface area contributed by atoms with Gasteiger partial charge in [-0.15, -0.1) is 0 Å². The third-order valence-corrected chi connectivity index (χ3v) is 4.52. The predicted molar refractivity (Wildman–Crippen MR) is 98.8 cm³/mol. The van der Waals surface area contributed by atoms with E-state index in [0.29, 0.717) is 6.54 Å². The van der Waals surface area contributed by atoms with Crippen LogP contribution in [0.5, 0.6) is 0 Å². The number of carbonyl (C=O) groups is 1. The molecule has 0 aliphatic rings. The van der Waals surface area contributed by atoms with E-state index in [2.05, 4.69) is 49.2 Å². The minimum absolute atomic E-state index is 0.175. The zero-order valence-electron chi connectivity index (χ0n) is 11.6. The molecule has 0 aliphatic heterocycles. The SMILES string of the molecule is Cc1cc(I)ccc1NC(=O)NCCc1ccccc1Br. The van der Waals surface area contributed by atoms with Crippen molar-refractivity contribution in [2.45, 2.75) is 13.3 Å². The summed E-state index contributed by atoms with van der Waals surface area (Å²) in [6, 6.07) is 13.8. The number of rotatable bonds is 4. The first-order valence-electron chi connectivity index (χ1n) is 6.60. The fraction of sp³-hybridized carbons (Fsp3) is 0.188. The van der Waals surface area contributed by atoms with Crippen LogP contribution in [-0.4, -0.2) is 12.6 Å². The molecule has 0 atom stereocenters. The molecule has 5 heteroatoms. The zero-order chi connectivity index (χ0) is 15.2. The highest BCUT2D eigenvalue weighted by molar-refractivity contribution is 14.1. The molecule has 0 saturated heterocycles. The van der Waals surface area contributed by atoms with Crippen LogP contribution in [0.4, 0.5) is 10.5 Å². The van der Waals surface area contributed by atoms with Crippen LogP contribution in [0.15, 0.2) is 46.9 Å². The Morgan fingerprint density at radius 3 is 2.71 bits per heavy atom. The number of hydrogen-bond donors (Lipinski definition) is 2. The van der Waals surface area contributed by atoms with Gasteiger partial charge in [-0.2, -0.15) is 0 Å². The van der Waals surface area contributed by atoms with E-state index < -0.39 is 0 Å². The second-order valence-electron chi connectivity index (χ2n) is 4.68. The van der Waals surface area contributed by atoms with Crippen LogP contribution in [0.1, 0.15) is 11.1 Å². The van der Waals surface area contributed by atoms with Crippen LogP contribution in [-0.2, 0) is 6.42 Å². The molecule has 0 spiro atoms. The molecule has 0 heterocycles. The van der Waals surface area contributed by atoms with E-state index in [9.17, 15) is 4.79 Å². The van der Waals surface area contributed by atoms with Crippen molar-refractivity contribution in [3.63, 3.8) is 0 Å². The van der Waals surface area contributed by atoms with Gasteiger partial charge in [0.1, 0.15) is 0 Å². The Hall–Kier alpha value is -1.08. The molecule has 2 amide bonds. The molecule has 0 radical (unpaired) electrons. The molecule has 0 bridgehead atoms. The summed E-state index contributed by atoms with van der Waals surface area (Å²) in [5.41, 5.74) is 3.08. The third kappa shape index (κ3) is 5.00. The minimum Gasteiger partial charge on any atom is -0.338 e. The van der Waals surface area contributed by atoms with Gasteiger partial charge in [0.05, 0.1) is 0 Å². The molecule has 0 saturated carbocycles. The van der Waals surface area contributed by atoms with Crippen molar-refractivity contribution in [2.75, 3.05) is 11.9 Å². The lowest BCUT2D eigenvalue weighted by Gasteiger charge is -2.10. The van der Waals surface area contributed by atoms with Gasteiger partial charge in [-0.25, -0.2) is 4.79 Å². The summed E-state index contributed by atoms with van der Waals surface area (Å²) in [7, 11) is 0. The molecule has 21 heavy (non-hydrogen) atoms. The monoisotopic (exact) mass is 458 g/mol. The Morgan fingerprint density at radius 1 is 1.24 bits per heavy atom. The maximum atomic E-state index is 11.9. The summed E-state index contributed by atoms with van der Waals surface area (Å²) in [6.45, 7) is 2.58. The van der Waals surface area contributed by atoms with Gasteiger partial charge in [0.25, 0.3) is 0 Å². The van der Waals surface area contributed by atoms with Gasteiger partial charge < -0.3 is 10.6 Å². The molecular weight excluding hydrogens is 443 g/mol. The molecule has 2 aromatic carbocycles. The number of urea groups is 1. The second kappa shape index (κ2) is 7.79. The average molecular weight is 459 g/mol. The highest BCUT2D eigenvalue weighted by Crippen LogP contribution is 2.18. The highest BCUT2D eigenvalue weighted by atomic mass is 127. The van der Waals surface area contributed by atoms with E-state index >= 15 is 0 Å². The first kappa shape index (κ1) is 16.3. The van der Waals surface area contributed by atoms with Crippen LogP contribution >= 0.6 is 38.5 Å².